The van der Waals surface area contributed by atoms with Gasteiger partial charge in [0.15, 0.2) is 0 Å². The molecule has 5 rings (SSSR count). The molecule has 0 spiro atoms. The lowest BCUT2D eigenvalue weighted by Crippen LogP contribution is -2.30. The summed E-state index contributed by atoms with van der Waals surface area (Å²) in [4.78, 5) is 35.2. The van der Waals surface area contributed by atoms with Crippen molar-refractivity contribution < 1.29 is 23.8 Å². The molecular formula is C26H23N3O5. The Bertz CT molecular complexity index is 1380. The molecule has 1 amide bonds. The van der Waals surface area contributed by atoms with Crippen LogP contribution in [0.2, 0.25) is 0 Å². The predicted molar refractivity (Wildman–Crippen MR) is 127 cm³/mol. The van der Waals surface area contributed by atoms with Crippen LogP contribution in [-0.4, -0.2) is 33.4 Å². The van der Waals surface area contributed by atoms with Gasteiger partial charge >= 0.3 is 5.91 Å². The second-order valence-electron chi connectivity index (χ2n) is 8.07. The number of aliphatic hydroxyl groups is 1. The zero-order valence-corrected chi connectivity index (χ0v) is 18.7. The second kappa shape index (κ2) is 8.55. The maximum absolute atomic E-state index is 13.2. The lowest BCUT2D eigenvalue weighted by molar-refractivity contribution is -0.132. The Hall–Kier alpha value is -4.33. The first-order valence-corrected chi connectivity index (χ1v) is 11.0. The van der Waals surface area contributed by atoms with E-state index >= 15 is 0 Å². The van der Waals surface area contributed by atoms with Crippen molar-refractivity contribution in [3.63, 3.8) is 0 Å². The number of anilines is 1. The molecule has 1 aliphatic rings. The van der Waals surface area contributed by atoms with Crippen molar-refractivity contribution in [3.8, 4) is 5.75 Å². The van der Waals surface area contributed by atoms with Gasteiger partial charge in [0.25, 0.3) is 5.78 Å². The Morgan fingerprint density at radius 2 is 1.88 bits per heavy atom. The minimum absolute atomic E-state index is 0.0676. The van der Waals surface area contributed by atoms with Gasteiger partial charge in [0.2, 0.25) is 5.95 Å². The van der Waals surface area contributed by atoms with Gasteiger partial charge < -0.3 is 19.2 Å². The van der Waals surface area contributed by atoms with E-state index in [0.29, 0.717) is 35.0 Å². The third-order valence-electron chi connectivity index (χ3n) is 5.68. The normalized spacial score (nSPS) is 17.6. The molecule has 0 aliphatic carbocycles. The number of para-hydroxylation sites is 2. The number of carbonyl (C=O) groups is 2. The van der Waals surface area contributed by atoms with E-state index in [1.807, 2.05) is 25.1 Å². The molecule has 2 aromatic carbocycles. The number of fused-ring (bicyclic) bond motifs is 1. The van der Waals surface area contributed by atoms with Crippen LogP contribution in [0, 0.1) is 6.92 Å². The average molecular weight is 457 g/mol. The molecule has 0 radical (unpaired) electrons. The van der Waals surface area contributed by atoms with Crippen LogP contribution in [0.15, 0.2) is 70.7 Å². The number of aromatic amines is 1. The molecule has 1 unspecified atom stereocenters. The highest BCUT2D eigenvalue weighted by Crippen LogP contribution is 2.42. The minimum atomic E-state index is -0.981. The van der Waals surface area contributed by atoms with Crippen LogP contribution in [-0.2, 0) is 9.59 Å². The summed E-state index contributed by atoms with van der Waals surface area (Å²) >= 11 is 0. The number of amides is 1. The molecule has 0 bridgehead atoms. The predicted octanol–water partition coefficient (Wildman–Crippen LogP) is 4.88. The standard InChI is InChI=1S/C26H23N3O5/c1-3-14-33-17-11-9-16(10-12-17)23(30)21-22(20-13-8-15(2)34-20)29(25(32)24(21)31)26-27-18-6-4-5-7-19(18)28-26/h4-13,22,30H,3,14H2,1-2H3,(H,27,28)/b23-21+. The van der Waals surface area contributed by atoms with Gasteiger partial charge in [0.1, 0.15) is 29.1 Å². The molecule has 1 saturated heterocycles. The summed E-state index contributed by atoms with van der Waals surface area (Å²) in [6, 6.07) is 16.5. The highest BCUT2D eigenvalue weighted by molar-refractivity contribution is 6.51. The van der Waals surface area contributed by atoms with Crippen molar-refractivity contribution in [1.29, 1.82) is 0 Å². The fraction of sp³-hybridized carbons (Fsp3) is 0.192. The van der Waals surface area contributed by atoms with E-state index in [-0.39, 0.29) is 17.3 Å². The zero-order chi connectivity index (χ0) is 23.8. The molecule has 2 aromatic heterocycles. The lowest BCUT2D eigenvalue weighted by Gasteiger charge is -2.20. The summed E-state index contributed by atoms with van der Waals surface area (Å²) in [6.45, 7) is 4.36. The number of ketones is 1. The Kier molecular flexibility index (Phi) is 5.41. The Balaban J connectivity index is 1.63. The number of nitrogens with one attached hydrogen (secondary N) is 1. The number of benzene rings is 2. The van der Waals surface area contributed by atoms with Crippen LogP contribution in [0.1, 0.15) is 36.5 Å². The molecule has 34 heavy (non-hydrogen) atoms. The number of furan rings is 1. The van der Waals surface area contributed by atoms with Crippen LogP contribution >= 0.6 is 0 Å². The topological polar surface area (TPSA) is 109 Å². The number of aromatic nitrogens is 2. The molecule has 172 valence electrons. The van der Waals surface area contributed by atoms with E-state index in [4.69, 9.17) is 9.15 Å². The monoisotopic (exact) mass is 457 g/mol. The maximum Gasteiger partial charge on any atom is 0.302 e. The number of nitrogens with zero attached hydrogens (tertiary/aromatic N) is 2. The van der Waals surface area contributed by atoms with Crippen LogP contribution < -0.4 is 9.64 Å². The molecule has 0 saturated carbocycles. The van der Waals surface area contributed by atoms with Crippen molar-refractivity contribution in [2.75, 3.05) is 11.5 Å². The molecule has 1 aliphatic heterocycles. The van der Waals surface area contributed by atoms with E-state index in [9.17, 15) is 14.7 Å². The summed E-state index contributed by atoms with van der Waals surface area (Å²) in [5.74, 6) is -0.0998. The number of imidazole rings is 1. The maximum atomic E-state index is 13.2. The van der Waals surface area contributed by atoms with Crippen molar-refractivity contribution in [2.45, 2.75) is 26.3 Å². The molecule has 8 heteroatoms. The Morgan fingerprint density at radius 3 is 2.56 bits per heavy atom. The number of carbonyl (C=O) groups excluding carboxylic acids is 2. The van der Waals surface area contributed by atoms with Gasteiger partial charge in [-0.3, -0.25) is 14.5 Å². The highest BCUT2D eigenvalue weighted by Gasteiger charge is 2.49. The average Bonchev–Trinajstić information content (AvgIpc) is 3.53. The van der Waals surface area contributed by atoms with Crippen molar-refractivity contribution >= 4 is 34.4 Å². The summed E-state index contributed by atoms with van der Waals surface area (Å²) in [7, 11) is 0. The summed E-state index contributed by atoms with van der Waals surface area (Å²) in [6.07, 6.45) is 0.871. The zero-order valence-electron chi connectivity index (χ0n) is 18.7. The largest absolute Gasteiger partial charge is 0.507 e. The quantitative estimate of drug-likeness (QED) is 0.243. The van der Waals surface area contributed by atoms with E-state index < -0.39 is 17.7 Å². The van der Waals surface area contributed by atoms with Crippen molar-refractivity contribution in [2.24, 2.45) is 0 Å². The SMILES string of the molecule is CCCOc1ccc(/C(O)=C2\C(=O)C(=O)N(c3nc4ccccc4[nH]3)C2c2ccc(C)o2)cc1. The summed E-state index contributed by atoms with van der Waals surface area (Å²) in [5.41, 5.74) is 1.69. The van der Waals surface area contributed by atoms with Gasteiger partial charge in [-0.1, -0.05) is 19.1 Å². The summed E-state index contributed by atoms with van der Waals surface area (Å²) < 4.78 is 11.4. The number of aliphatic hydroxyl groups excluding tert-OH is 1. The Morgan fingerprint density at radius 1 is 1.12 bits per heavy atom. The number of aryl methyl sites for hydroxylation is 1. The van der Waals surface area contributed by atoms with Crippen LogP contribution in [0.5, 0.6) is 5.75 Å². The number of ether oxygens (including phenoxy) is 1. The first kappa shape index (κ1) is 21.5. The molecule has 1 fully saturated rings. The number of Topliss-reactive ketones (excluding diaryl/α,β-unsaturated/α-hetero) is 1. The first-order valence-electron chi connectivity index (χ1n) is 11.0. The van der Waals surface area contributed by atoms with Gasteiger partial charge in [-0.15, -0.1) is 0 Å². The fourth-order valence-electron chi connectivity index (χ4n) is 4.06. The molecular weight excluding hydrogens is 434 g/mol. The molecule has 1 atom stereocenters. The Labute approximate surface area is 195 Å². The first-order chi connectivity index (χ1) is 16.5. The molecule has 3 heterocycles. The smallest absolute Gasteiger partial charge is 0.302 e. The third-order valence-corrected chi connectivity index (χ3v) is 5.68. The second-order valence-corrected chi connectivity index (χ2v) is 8.07. The third kappa shape index (κ3) is 3.63. The van der Waals surface area contributed by atoms with E-state index in [1.54, 1.807) is 49.4 Å². The number of rotatable bonds is 6. The van der Waals surface area contributed by atoms with E-state index in [0.717, 1.165) is 11.9 Å². The number of hydrogen-bond acceptors (Lipinski definition) is 6. The van der Waals surface area contributed by atoms with Gasteiger partial charge in [0.05, 0.1) is 23.2 Å². The van der Waals surface area contributed by atoms with Gasteiger partial charge in [0, 0.05) is 5.56 Å². The molecule has 4 aromatic rings. The van der Waals surface area contributed by atoms with Crippen LogP contribution in [0.3, 0.4) is 0 Å². The van der Waals surface area contributed by atoms with E-state index in [1.165, 1.54) is 4.90 Å². The van der Waals surface area contributed by atoms with Crippen LogP contribution in [0.4, 0.5) is 5.95 Å². The number of hydrogen-bond donors (Lipinski definition) is 2. The van der Waals surface area contributed by atoms with Crippen molar-refractivity contribution in [1.82, 2.24) is 9.97 Å². The molecule has 2 N–H and O–H groups in total. The van der Waals surface area contributed by atoms with Gasteiger partial charge in [-0.2, -0.15) is 0 Å². The fourth-order valence-corrected chi connectivity index (χ4v) is 4.06. The summed E-state index contributed by atoms with van der Waals surface area (Å²) in [5, 5.41) is 11.2. The lowest BCUT2D eigenvalue weighted by atomic mass is 9.99. The van der Waals surface area contributed by atoms with Gasteiger partial charge in [-0.25, -0.2) is 4.98 Å². The minimum Gasteiger partial charge on any atom is -0.507 e. The molecule has 8 nitrogen and oxygen atoms in total. The highest BCUT2D eigenvalue weighted by atomic mass is 16.5. The number of H-pyrrole nitrogens is 1. The van der Waals surface area contributed by atoms with Crippen molar-refractivity contribution in [3.05, 3.63) is 83.3 Å². The van der Waals surface area contributed by atoms with Crippen LogP contribution in [0.25, 0.3) is 16.8 Å². The van der Waals surface area contributed by atoms with Gasteiger partial charge in [-0.05, 0) is 61.9 Å². The van der Waals surface area contributed by atoms with E-state index in [2.05, 4.69) is 9.97 Å².